The topological polar surface area (TPSA) is 39.5 Å². The van der Waals surface area contributed by atoms with E-state index < -0.39 is 0 Å². The zero-order chi connectivity index (χ0) is 14.4. The van der Waals surface area contributed by atoms with Crippen molar-refractivity contribution < 1.29 is 9.47 Å². The van der Waals surface area contributed by atoms with Crippen LogP contribution in [-0.4, -0.2) is 41.4 Å². The maximum absolute atomic E-state index is 6.41. The van der Waals surface area contributed by atoms with E-state index in [0.29, 0.717) is 16.8 Å². The van der Waals surface area contributed by atoms with Crippen molar-refractivity contribution in [3.8, 4) is 22.9 Å². The van der Waals surface area contributed by atoms with E-state index in [4.69, 9.17) is 21.1 Å². The van der Waals surface area contributed by atoms with Crippen molar-refractivity contribution in [3.63, 3.8) is 0 Å². The molecule has 1 unspecified atom stereocenters. The van der Waals surface area contributed by atoms with Crippen LogP contribution in [-0.2, 0) is 0 Å². The van der Waals surface area contributed by atoms with Gasteiger partial charge in [-0.1, -0.05) is 11.6 Å². The molecule has 1 atom stereocenters. The van der Waals surface area contributed by atoms with E-state index in [0.717, 1.165) is 36.6 Å². The Bertz CT molecular complexity index is 686. The van der Waals surface area contributed by atoms with Gasteiger partial charge in [0.15, 0.2) is 11.5 Å². The summed E-state index contributed by atoms with van der Waals surface area (Å²) >= 11 is 6.41. The Hall–Kier alpha value is -1.72. The summed E-state index contributed by atoms with van der Waals surface area (Å²) in [5.74, 6) is 2.31. The van der Waals surface area contributed by atoms with Crippen LogP contribution in [0.25, 0.3) is 11.4 Å². The Morgan fingerprint density at radius 1 is 1.29 bits per heavy atom. The monoisotopic (exact) mass is 305 g/mol. The number of nitrogens with zero attached hydrogens (tertiary/aromatic N) is 3. The highest BCUT2D eigenvalue weighted by molar-refractivity contribution is 6.33. The summed E-state index contributed by atoms with van der Waals surface area (Å²) in [4.78, 5) is 6.84. The molecule has 6 heteroatoms. The lowest BCUT2D eigenvalue weighted by molar-refractivity contribution is 0.174. The Kier molecular flexibility index (Phi) is 3.05. The van der Waals surface area contributed by atoms with Gasteiger partial charge in [-0.3, -0.25) is 0 Å². The molecule has 0 N–H and O–H groups in total. The number of imidazole rings is 1. The Morgan fingerprint density at radius 3 is 2.86 bits per heavy atom. The first-order chi connectivity index (χ1) is 10.2. The number of likely N-dealkylation sites (N-methyl/N-ethyl adjacent to an activating group) is 1. The van der Waals surface area contributed by atoms with Gasteiger partial charge in [0.05, 0.1) is 5.02 Å². The van der Waals surface area contributed by atoms with Crippen LogP contribution < -0.4 is 9.47 Å². The standard InChI is InChI=1S/C15H16ClN3O2/c1-18-4-2-10(8-18)19-5-3-17-15(19)11-6-13-14(7-12(11)16)21-9-20-13/h3,5-7,10H,2,4,8-9H2,1H3. The first-order valence-electron chi connectivity index (χ1n) is 7.03. The van der Waals surface area contributed by atoms with Gasteiger partial charge in [0.2, 0.25) is 6.79 Å². The SMILES string of the molecule is CN1CCC(n2ccnc2-c2cc3c(cc2Cl)OCO3)C1. The zero-order valence-corrected chi connectivity index (χ0v) is 12.5. The van der Waals surface area contributed by atoms with Crippen molar-refractivity contribution in [2.45, 2.75) is 12.5 Å². The molecule has 110 valence electrons. The van der Waals surface area contributed by atoms with Crippen LogP contribution >= 0.6 is 11.6 Å². The molecular formula is C15H16ClN3O2. The Morgan fingerprint density at radius 2 is 2.10 bits per heavy atom. The minimum absolute atomic E-state index is 0.247. The Labute approximate surface area is 128 Å². The summed E-state index contributed by atoms with van der Waals surface area (Å²) in [7, 11) is 2.14. The summed E-state index contributed by atoms with van der Waals surface area (Å²) in [5, 5.41) is 0.637. The van der Waals surface area contributed by atoms with Gasteiger partial charge in [-0.2, -0.15) is 0 Å². The van der Waals surface area contributed by atoms with Crippen molar-refractivity contribution in [1.29, 1.82) is 0 Å². The third-order valence-corrected chi connectivity index (χ3v) is 4.44. The van der Waals surface area contributed by atoms with E-state index in [9.17, 15) is 0 Å². The van der Waals surface area contributed by atoms with Gasteiger partial charge < -0.3 is 18.9 Å². The van der Waals surface area contributed by atoms with Gasteiger partial charge in [-0.15, -0.1) is 0 Å². The molecule has 0 saturated carbocycles. The number of hydrogen-bond acceptors (Lipinski definition) is 4. The summed E-state index contributed by atoms with van der Waals surface area (Å²) < 4.78 is 13.0. The van der Waals surface area contributed by atoms with Crippen LogP contribution in [0, 0.1) is 0 Å². The lowest BCUT2D eigenvalue weighted by Crippen LogP contribution is -2.16. The molecule has 21 heavy (non-hydrogen) atoms. The fourth-order valence-corrected chi connectivity index (χ4v) is 3.28. The minimum atomic E-state index is 0.247. The molecule has 0 bridgehead atoms. The van der Waals surface area contributed by atoms with Crippen molar-refractivity contribution >= 4 is 11.6 Å². The van der Waals surface area contributed by atoms with E-state index in [1.807, 2.05) is 18.5 Å². The molecule has 0 spiro atoms. The van der Waals surface area contributed by atoms with Gasteiger partial charge in [0.1, 0.15) is 5.82 Å². The number of ether oxygens (including phenoxy) is 2. The predicted octanol–water partition coefficient (Wildman–Crippen LogP) is 2.81. The fourth-order valence-electron chi connectivity index (χ4n) is 3.04. The molecule has 2 aliphatic rings. The lowest BCUT2D eigenvalue weighted by Gasteiger charge is -2.16. The molecule has 2 aromatic rings. The fraction of sp³-hybridized carbons (Fsp3) is 0.400. The second-order valence-corrected chi connectivity index (χ2v) is 5.96. The zero-order valence-electron chi connectivity index (χ0n) is 11.8. The van der Waals surface area contributed by atoms with Crippen LogP contribution in [0.2, 0.25) is 5.02 Å². The van der Waals surface area contributed by atoms with E-state index >= 15 is 0 Å². The quantitative estimate of drug-likeness (QED) is 0.855. The summed E-state index contributed by atoms with van der Waals surface area (Å²) in [6.07, 6.45) is 4.98. The molecule has 1 fully saturated rings. The largest absolute Gasteiger partial charge is 0.454 e. The van der Waals surface area contributed by atoms with Crippen molar-refractivity contribution in [1.82, 2.24) is 14.5 Å². The number of rotatable bonds is 2. The highest BCUT2D eigenvalue weighted by atomic mass is 35.5. The van der Waals surface area contributed by atoms with Crippen molar-refractivity contribution in [2.75, 3.05) is 26.9 Å². The first-order valence-corrected chi connectivity index (χ1v) is 7.41. The number of fused-ring (bicyclic) bond motifs is 1. The predicted molar refractivity (Wildman–Crippen MR) is 79.9 cm³/mol. The molecule has 4 rings (SSSR count). The third-order valence-electron chi connectivity index (χ3n) is 4.13. The molecule has 0 aliphatic carbocycles. The third kappa shape index (κ3) is 2.17. The maximum Gasteiger partial charge on any atom is 0.231 e. The number of likely N-dealkylation sites (tertiary alicyclic amines) is 1. The molecule has 1 aromatic carbocycles. The van der Waals surface area contributed by atoms with E-state index in [2.05, 4.69) is 21.5 Å². The van der Waals surface area contributed by atoms with Crippen LogP contribution in [0.3, 0.4) is 0 Å². The normalized spacial score (nSPS) is 21.1. The van der Waals surface area contributed by atoms with Crippen molar-refractivity contribution in [3.05, 3.63) is 29.5 Å². The molecule has 1 aromatic heterocycles. The number of aromatic nitrogens is 2. The molecule has 0 radical (unpaired) electrons. The van der Waals surface area contributed by atoms with Gasteiger partial charge in [0.25, 0.3) is 0 Å². The number of benzene rings is 1. The summed E-state index contributed by atoms with van der Waals surface area (Å²) in [6.45, 7) is 2.39. The molecular weight excluding hydrogens is 290 g/mol. The molecule has 2 aliphatic heterocycles. The summed E-state index contributed by atoms with van der Waals surface area (Å²) in [6, 6.07) is 4.16. The molecule has 0 amide bonds. The van der Waals surface area contributed by atoms with E-state index in [1.54, 1.807) is 6.07 Å². The lowest BCUT2D eigenvalue weighted by atomic mass is 10.1. The van der Waals surface area contributed by atoms with Gasteiger partial charge in [0, 0.05) is 36.6 Å². The maximum atomic E-state index is 6.41. The second-order valence-electron chi connectivity index (χ2n) is 5.55. The average Bonchev–Trinajstić information content (AvgIpc) is 3.16. The minimum Gasteiger partial charge on any atom is -0.454 e. The highest BCUT2D eigenvalue weighted by Crippen LogP contribution is 2.41. The van der Waals surface area contributed by atoms with Gasteiger partial charge >= 0.3 is 0 Å². The Balaban J connectivity index is 1.76. The van der Waals surface area contributed by atoms with Gasteiger partial charge in [-0.25, -0.2) is 4.98 Å². The van der Waals surface area contributed by atoms with Crippen LogP contribution in [0.5, 0.6) is 11.5 Å². The number of hydrogen-bond donors (Lipinski definition) is 0. The molecule has 1 saturated heterocycles. The number of halogens is 1. The van der Waals surface area contributed by atoms with Gasteiger partial charge in [-0.05, 0) is 26.1 Å². The second kappa shape index (κ2) is 4.93. The van der Waals surface area contributed by atoms with E-state index in [1.165, 1.54) is 0 Å². The van der Waals surface area contributed by atoms with Crippen LogP contribution in [0.15, 0.2) is 24.5 Å². The average molecular weight is 306 g/mol. The van der Waals surface area contributed by atoms with E-state index in [-0.39, 0.29) is 6.79 Å². The van der Waals surface area contributed by atoms with Crippen LogP contribution in [0.1, 0.15) is 12.5 Å². The van der Waals surface area contributed by atoms with Crippen LogP contribution in [0.4, 0.5) is 0 Å². The highest BCUT2D eigenvalue weighted by Gasteiger charge is 2.25. The smallest absolute Gasteiger partial charge is 0.231 e. The molecule has 5 nitrogen and oxygen atoms in total. The summed E-state index contributed by atoms with van der Waals surface area (Å²) in [5.41, 5.74) is 0.889. The first kappa shape index (κ1) is 13.0. The molecule has 3 heterocycles. The van der Waals surface area contributed by atoms with Crippen molar-refractivity contribution in [2.24, 2.45) is 0 Å².